The summed E-state index contributed by atoms with van der Waals surface area (Å²) in [5.41, 5.74) is 3.66. The van der Waals surface area contributed by atoms with Gasteiger partial charge in [-0.25, -0.2) is 4.79 Å². The minimum Gasteiger partial charge on any atom is -0.452 e. The highest BCUT2D eigenvalue weighted by atomic mass is 16.5. The number of nitriles is 1. The number of aromatic nitrogens is 1. The topological polar surface area (TPSA) is 113 Å². The summed E-state index contributed by atoms with van der Waals surface area (Å²) in [4.78, 5) is 36.1. The number of hydrogen-bond donors (Lipinski definition) is 2. The fourth-order valence-electron chi connectivity index (χ4n) is 3.40. The molecule has 0 aliphatic heterocycles. The van der Waals surface area contributed by atoms with Crippen LogP contribution in [0.2, 0.25) is 0 Å². The molecule has 0 fully saturated rings. The Labute approximate surface area is 191 Å². The SMILES string of the molecule is CC(=O)Nc1cccc(C(=O)OCC(=O)Nc2c(C#N)c(C)c(C)n2Cc2ccccc2)c1. The van der Waals surface area contributed by atoms with Crippen molar-refractivity contribution in [3.63, 3.8) is 0 Å². The average Bonchev–Trinajstić information content (AvgIpc) is 3.01. The largest absolute Gasteiger partial charge is 0.452 e. The van der Waals surface area contributed by atoms with Crippen molar-refractivity contribution < 1.29 is 19.1 Å². The van der Waals surface area contributed by atoms with Crippen LogP contribution in [-0.4, -0.2) is 29.0 Å². The highest BCUT2D eigenvalue weighted by Crippen LogP contribution is 2.27. The predicted molar refractivity (Wildman–Crippen MR) is 124 cm³/mol. The summed E-state index contributed by atoms with van der Waals surface area (Å²) in [5.74, 6) is -1.17. The molecular weight excluding hydrogens is 420 g/mol. The van der Waals surface area contributed by atoms with Gasteiger partial charge in [-0.2, -0.15) is 5.26 Å². The second-order valence-corrected chi connectivity index (χ2v) is 7.50. The summed E-state index contributed by atoms with van der Waals surface area (Å²) < 4.78 is 7.00. The second kappa shape index (κ2) is 10.3. The summed E-state index contributed by atoms with van der Waals surface area (Å²) in [5, 5.41) is 14.9. The van der Waals surface area contributed by atoms with E-state index in [2.05, 4.69) is 16.7 Å². The van der Waals surface area contributed by atoms with Crippen molar-refractivity contribution in [3.8, 4) is 6.07 Å². The molecule has 33 heavy (non-hydrogen) atoms. The van der Waals surface area contributed by atoms with E-state index in [0.29, 0.717) is 23.6 Å². The van der Waals surface area contributed by atoms with Crippen LogP contribution in [0.5, 0.6) is 0 Å². The van der Waals surface area contributed by atoms with Crippen molar-refractivity contribution in [2.24, 2.45) is 0 Å². The van der Waals surface area contributed by atoms with Gasteiger partial charge in [0.1, 0.15) is 11.9 Å². The van der Waals surface area contributed by atoms with Crippen LogP contribution in [0.1, 0.15) is 39.7 Å². The molecular formula is C25H24N4O4. The Morgan fingerprint density at radius 2 is 1.76 bits per heavy atom. The lowest BCUT2D eigenvalue weighted by Gasteiger charge is -2.13. The van der Waals surface area contributed by atoms with Gasteiger partial charge in [0, 0.05) is 24.8 Å². The molecule has 0 saturated heterocycles. The zero-order valence-electron chi connectivity index (χ0n) is 18.6. The van der Waals surface area contributed by atoms with Gasteiger partial charge in [0.2, 0.25) is 5.91 Å². The highest BCUT2D eigenvalue weighted by molar-refractivity contribution is 5.97. The Kier molecular flexibility index (Phi) is 7.26. The number of rotatable bonds is 7. The summed E-state index contributed by atoms with van der Waals surface area (Å²) in [6.07, 6.45) is 0. The quantitative estimate of drug-likeness (QED) is 0.539. The van der Waals surface area contributed by atoms with Gasteiger partial charge in [-0.3, -0.25) is 9.59 Å². The first kappa shape index (κ1) is 23.3. The van der Waals surface area contributed by atoms with E-state index < -0.39 is 18.5 Å². The zero-order valence-corrected chi connectivity index (χ0v) is 18.6. The maximum absolute atomic E-state index is 12.6. The number of ether oxygens (including phenoxy) is 1. The fraction of sp³-hybridized carbons (Fsp3) is 0.200. The third kappa shape index (κ3) is 5.66. The first-order chi connectivity index (χ1) is 15.8. The van der Waals surface area contributed by atoms with Crippen molar-refractivity contribution in [1.82, 2.24) is 4.57 Å². The number of anilines is 2. The van der Waals surface area contributed by atoms with Crippen molar-refractivity contribution >= 4 is 29.3 Å². The van der Waals surface area contributed by atoms with E-state index in [9.17, 15) is 19.6 Å². The van der Waals surface area contributed by atoms with Crippen LogP contribution in [0.25, 0.3) is 0 Å². The maximum atomic E-state index is 12.6. The number of hydrogen-bond acceptors (Lipinski definition) is 5. The Balaban J connectivity index is 1.73. The first-order valence-electron chi connectivity index (χ1n) is 10.3. The third-order valence-corrected chi connectivity index (χ3v) is 5.14. The number of benzene rings is 2. The Bertz CT molecular complexity index is 1240. The van der Waals surface area contributed by atoms with E-state index in [0.717, 1.165) is 16.8 Å². The van der Waals surface area contributed by atoms with E-state index in [1.807, 2.05) is 48.7 Å². The van der Waals surface area contributed by atoms with Crippen LogP contribution in [0.3, 0.4) is 0 Å². The highest BCUT2D eigenvalue weighted by Gasteiger charge is 2.20. The number of nitrogens with zero attached hydrogens (tertiary/aromatic N) is 2. The van der Waals surface area contributed by atoms with Crippen LogP contribution < -0.4 is 10.6 Å². The van der Waals surface area contributed by atoms with Crippen LogP contribution in [0.4, 0.5) is 11.5 Å². The maximum Gasteiger partial charge on any atom is 0.338 e. The Morgan fingerprint density at radius 3 is 2.42 bits per heavy atom. The van der Waals surface area contributed by atoms with Gasteiger partial charge in [-0.05, 0) is 43.2 Å². The molecule has 2 N–H and O–H groups in total. The molecule has 1 heterocycles. The molecule has 8 nitrogen and oxygen atoms in total. The number of esters is 1. The first-order valence-corrected chi connectivity index (χ1v) is 10.3. The van der Waals surface area contributed by atoms with Crippen LogP contribution in [0.15, 0.2) is 54.6 Å². The van der Waals surface area contributed by atoms with Gasteiger partial charge in [0.25, 0.3) is 5.91 Å². The van der Waals surface area contributed by atoms with Gasteiger partial charge >= 0.3 is 5.97 Å². The molecule has 8 heteroatoms. The lowest BCUT2D eigenvalue weighted by atomic mass is 10.2. The molecule has 0 atom stereocenters. The van der Waals surface area contributed by atoms with Crippen molar-refractivity contribution in [3.05, 3.63) is 82.5 Å². The Hall–Kier alpha value is -4.38. The second-order valence-electron chi connectivity index (χ2n) is 7.50. The average molecular weight is 444 g/mol. The summed E-state index contributed by atoms with van der Waals surface area (Å²) >= 11 is 0. The van der Waals surface area contributed by atoms with Gasteiger partial charge in [0.05, 0.1) is 11.1 Å². The van der Waals surface area contributed by atoms with Crippen LogP contribution >= 0.6 is 0 Å². The van der Waals surface area contributed by atoms with Crippen LogP contribution in [0, 0.1) is 25.2 Å². The van der Waals surface area contributed by atoms with Gasteiger partial charge in [-0.15, -0.1) is 0 Å². The van der Waals surface area contributed by atoms with Gasteiger partial charge in [-0.1, -0.05) is 36.4 Å². The van der Waals surface area contributed by atoms with Crippen molar-refractivity contribution in [1.29, 1.82) is 5.26 Å². The van der Waals surface area contributed by atoms with Crippen molar-refractivity contribution in [2.45, 2.75) is 27.3 Å². The molecule has 0 bridgehead atoms. The van der Waals surface area contributed by atoms with Gasteiger partial charge < -0.3 is 19.9 Å². The molecule has 3 rings (SSSR count). The van der Waals surface area contributed by atoms with Crippen LogP contribution in [-0.2, 0) is 20.9 Å². The lowest BCUT2D eigenvalue weighted by molar-refractivity contribution is -0.119. The lowest BCUT2D eigenvalue weighted by Crippen LogP contribution is -2.23. The molecule has 2 aromatic carbocycles. The number of carbonyl (C=O) groups excluding carboxylic acids is 3. The molecule has 3 aromatic rings. The van der Waals surface area contributed by atoms with E-state index in [1.165, 1.54) is 19.1 Å². The third-order valence-electron chi connectivity index (χ3n) is 5.14. The molecule has 0 radical (unpaired) electrons. The molecule has 0 spiro atoms. The fourth-order valence-corrected chi connectivity index (χ4v) is 3.40. The molecule has 0 saturated carbocycles. The monoisotopic (exact) mass is 444 g/mol. The minimum atomic E-state index is -0.704. The van der Waals surface area contributed by atoms with Gasteiger partial charge in [0.15, 0.2) is 6.61 Å². The van der Waals surface area contributed by atoms with E-state index in [4.69, 9.17) is 4.74 Å². The summed E-state index contributed by atoms with van der Waals surface area (Å²) in [7, 11) is 0. The summed E-state index contributed by atoms with van der Waals surface area (Å²) in [6.45, 7) is 5.02. The molecule has 0 aliphatic carbocycles. The molecule has 2 amide bonds. The molecule has 168 valence electrons. The molecule has 0 unspecified atom stereocenters. The Morgan fingerprint density at radius 1 is 1.03 bits per heavy atom. The van der Waals surface area contributed by atoms with E-state index in [-0.39, 0.29) is 11.5 Å². The predicted octanol–water partition coefficient (Wildman–Crippen LogP) is 3.78. The molecule has 1 aromatic heterocycles. The number of amides is 2. The van der Waals surface area contributed by atoms with E-state index in [1.54, 1.807) is 12.1 Å². The number of nitrogens with one attached hydrogen (secondary N) is 2. The van der Waals surface area contributed by atoms with Crippen molar-refractivity contribution in [2.75, 3.05) is 17.2 Å². The standard InChI is InChI=1S/C25H24N4O4/c1-16-17(2)29(14-19-8-5-4-6-9-19)24(22(16)13-26)28-23(31)15-33-25(32)20-10-7-11-21(12-20)27-18(3)30/h4-12H,14-15H2,1-3H3,(H,27,30)(H,28,31). The number of carbonyl (C=O) groups is 3. The molecule has 0 aliphatic rings. The zero-order chi connectivity index (χ0) is 24.0. The smallest absolute Gasteiger partial charge is 0.338 e. The van der Waals surface area contributed by atoms with E-state index >= 15 is 0 Å². The normalized spacial score (nSPS) is 10.2. The minimum absolute atomic E-state index is 0.200. The summed E-state index contributed by atoms with van der Waals surface area (Å²) in [6, 6.07) is 18.1.